The smallest absolute Gasteiger partial charge is 0.266 e. The lowest BCUT2D eigenvalue weighted by Crippen LogP contribution is -2.41. The van der Waals surface area contributed by atoms with E-state index in [2.05, 4.69) is 41.6 Å². The van der Waals surface area contributed by atoms with E-state index in [1.165, 1.54) is 22.7 Å². The Bertz CT molecular complexity index is 985. The number of rotatable bonds is 2. The first-order valence-corrected chi connectivity index (χ1v) is 9.80. The Balaban J connectivity index is 1.88. The maximum Gasteiger partial charge on any atom is 0.280 e. The first-order chi connectivity index (χ1) is 12.2. The summed E-state index contributed by atoms with van der Waals surface area (Å²) in [6.45, 7) is 9.98. The summed E-state index contributed by atoms with van der Waals surface area (Å²) in [6.07, 6.45) is 0. The van der Waals surface area contributed by atoms with E-state index >= 15 is 0 Å². The number of amides is 2. The van der Waals surface area contributed by atoms with Crippen LogP contribution in [-0.2, 0) is 5.41 Å². The van der Waals surface area contributed by atoms with Crippen molar-refractivity contribution >= 4 is 44.7 Å². The number of carbonyl (C=O) groups is 2. The molecule has 26 heavy (non-hydrogen) atoms. The molecule has 2 amide bonds. The fraction of sp³-hybridized carbons (Fsp3) is 0.333. The predicted molar refractivity (Wildman–Crippen MR) is 105 cm³/mol. The van der Waals surface area contributed by atoms with E-state index in [9.17, 15) is 9.59 Å². The number of fused-ring (bicyclic) bond motifs is 1. The average molecular weight is 389 g/mol. The molecule has 0 atom stereocenters. The number of aromatic nitrogens is 2. The molecular weight excluding hydrogens is 368 g/mol. The highest BCUT2D eigenvalue weighted by atomic mass is 32.1. The minimum atomic E-state index is -0.355. The number of carbonyl (C=O) groups excluding carboxylic acids is 2. The van der Waals surface area contributed by atoms with Gasteiger partial charge in [-0.1, -0.05) is 26.8 Å². The Morgan fingerprint density at radius 2 is 1.77 bits per heavy atom. The lowest BCUT2D eigenvalue weighted by Gasteiger charge is -2.16. The van der Waals surface area contributed by atoms with Crippen LogP contribution in [0.4, 0.5) is 0 Å². The number of nitrogens with zero attached hydrogens (tertiary/aromatic N) is 2. The Morgan fingerprint density at radius 3 is 2.38 bits per heavy atom. The molecule has 0 unspecified atom stereocenters. The van der Waals surface area contributed by atoms with Gasteiger partial charge in [-0.25, -0.2) is 9.97 Å². The van der Waals surface area contributed by atoms with Gasteiger partial charge in [-0.2, -0.15) is 0 Å². The van der Waals surface area contributed by atoms with E-state index in [1.807, 2.05) is 13.8 Å². The highest BCUT2D eigenvalue weighted by Gasteiger charge is 2.23. The standard InChI is InChI=1S/C18H20N4O2S2/c1-9-12-10(2)19-17(18(3,4)5)20-16(12)26-13(9)15(24)22-21-14(23)11-7-6-8-25-11/h6-8H,1-5H3,(H,21,23)(H,22,24). The van der Waals surface area contributed by atoms with Crippen molar-refractivity contribution in [2.45, 2.75) is 40.0 Å². The summed E-state index contributed by atoms with van der Waals surface area (Å²) < 4.78 is 0. The minimum Gasteiger partial charge on any atom is -0.266 e. The maximum absolute atomic E-state index is 12.5. The van der Waals surface area contributed by atoms with E-state index in [1.54, 1.807) is 17.5 Å². The third kappa shape index (κ3) is 3.47. The molecule has 8 heteroatoms. The van der Waals surface area contributed by atoms with Crippen LogP contribution >= 0.6 is 22.7 Å². The molecular formula is C18H20N4O2S2. The van der Waals surface area contributed by atoms with Gasteiger partial charge < -0.3 is 0 Å². The van der Waals surface area contributed by atoms with Crippen LogP contribution in [0.15, 0.2) is 17.5 Å². The molecule has 2 N–H and O–H groups in total. The van der Waals surface area contributed by atoms with Crippen LogP contribution in [0, 0.1) is 13.8 Å². The molecule has 6 nitrogen and oxygen atoms in total. The number of hydrogen-bond acceptors (Lipinski definition) is 6. The van der Waals surface area contributed by atoms with Gasteiger partial charge in [0.1, 0.15) is 10.7 Å². The second-order valence-corrected chi connectivity index (χ2v) is 8.95. The summed E-state index contributed by atoms with van der Waals surface area (Å²) in [5.74, 6) is 0.0620. The molecule has 0 bridgehead atoms. The second kappa shape index (κ2) is 6.77. The van der Waals surface area contributed by atoms with Crippen LogP contribution in [0.25, 0.3) is 10.2 Å². The Kier molecular flexibility index (Phi) is 4.81. The molecule has 0 spiro atoms. The van der Waals surface area contributed by atoms with E-state index in [4.69, 9.17) is 0 Å². The molecule has 0 aliphatic heterocycles. The summed E-state index contributed by atoms with van der Waals surface area (Å²) in [5.41, 5.74) is 6.44. The maximum atomic E-state index is 12.5. The summed E-state index contributed by atoms with van der Waals surface area (Å²) in [7, 11) is 0. The van der Waals surface area contributed by atoms with Crippen LogP contribution in [0.1, 0.15) is 57.2 Å². The molecule has 0 saturated heterocycles. The fourth-order valence-corrected chi connectivity index (χ4v) is 4.28. The quantitative estimate of drug-likeness (QED) is 0.655. The highest BCUT2D eigenvalue weighted by molar-refractivity contribution is 7.20. The topological polar surface area (TPSA) is 84.0 Å². The first kappa shape index (κ1) is 18.5. The number of aryl methyl sites for hydroxylation is 2. The van der Waals surface area contributed by atoms with Crippen molar-refractivity contribution in [3.8, 4) is 0 Å². The van der Waals surface area contributed by atoms with Crippen LogP contribution in [-0.4, -0.2) is 21.8 Å². The molecule has 0 aliphatic rings. The number of hydrogen-bond donors (Lipinski definition) is 2. The Morgan fingerprint density at radius 1 is 1.08 bits per heavy atom. The van der Waals surface area contributed by atoms with Gasteiger partial charge in [-0.15, -0.1) is 22.7 Å². The lowest BCUT2D eigenvalue weighted by atomic mass is 9.95. The normalized spacial score (nSPS) is 11.6. The Hall–Kier alpha value is -2.32. The van der Waals surface area contributed by atoms with Gasteiger partial charge in [-0.05, 0) is 30.9 Å². The van der Waals surface area contributed by atoms with Gasteiger partial charge in [0.05, 0.1) is 15.4 Å². The molecule has 136 valence electrons. The van der Waals surface area contributed by atoms with Gasteiger partial charge in [0.25, 0.3) is 11.8 Å². The molecule has 0 aromatic carbocycles. The second-order valence-electron chi connectivity index (χ2n) is 7.00. The van der Waals surface area contributed by atoms with Crippen LogP contribution in [0.3, 0.4) is 0 Å². The zero-order valence-corrected chi connectivity index (χ0v) is 16.9. The van der Waals surface area contributed by atoms with E-state index in [0.717, 1.165) is 27.3 Å². The van der Waals surface area contributed by atoms with E-state index < -0.39 is 0 Å². The number of thiophene rings is 2. The summed E-state index contributed by atoms with van der Waals surface area (Å²) in [6, 6.07) is 3.48. The highest BCUT2D eigenvalue weighted by Crippen LogP contribution is 2.33. The first-order valence-electron chi connectivity index (χ1n) is 8.11. The molecule has 0 aliphatic carbocycles. The van der Waals surface area contributed by atoms with Crippen LogP contribution in [0.5, 0.6) is 0 Å². The summed E-state index contributed by atoms with van der Waals surface area (Å²) in [4.78, 5) is 35.6. The molecule has 0 radical (unpaired) electrons. The zero-order chi connectivity index (χ0) is 19.1. The van der Waals surface area contributed by atoms with Crippen LogP contribution in [0.2, 0.25) is 0 Å². The van der Waals surface area contributed by atoms with Gasteiger partial charge in [-0.3, -0.25) is 20.4 Å². The third-order valence-corrected chi connectivity index (χ3v) is 5.94. The van der Waals surface area contributed by atoms with Crippen molar-refractivity contribution in [2.24, 2.45) is 0 Å². The summed E-state index contributed by atoms with van der Waals surface area (Å²) in [5, 5.41) is 2.71. The Labute approximate surface area is 159 Å². The van der Waals surface area contributed by atoms with Gasteiger partial charge in [0.2, 0.25) is 0 Å². The van der Waals surface area contributed by atoms with E-state index in [0.29, 0.717) is 9.75 Å². The molecule has 3 aromatic rings. The lowest BCUT2D eigenvalue weighted by molar-refractivity contribution is 0.0851. The molecule has 3 rings (SSSR count). The van der Waals surface area contributed by atoms with Crippen LogP contribution < -0.4 is 10.9 Å². The van der Waals surface area contributed by atoms with Gasteiger partial charge in [0, 0.05) is 10.8 Å². The predicted octanol–water partition coefficient (Wildman–Crippen LogP) is 3.74. The largest absolute Gasteiger partial charge is 0.280 e. The summed E-state index contributed by atoms with van der Waals surface area (Å²) >= 11 is 2.63. The zero-order valence-electron chi connectivity index (χ0n) is 15.3. The van der Waals surface area contributed by atoms with E-state index in [-0.39, 0.29) is 17.2 Å². The number of nitrogens with one attached hydrogen (secondary N) is 2. The number of hydrazine groups is 1. The SMILES string of the molecule is Cc1nc(C(C)(C)C)nc2sc(C(=O)NNC(=O)c3cccs3)c(C)c12. The molecule has 3 aromatic heterocycles. The van der Waals surface area contributed by atoms with Crippen molar-refractivity contribution in [1.82, 2.24) is 20.8 Å². The molecule has 0 fully saturated rings. The van der Waals surface area contributed by atoms with Crippen molar-refractivity contribution in [3.63, 3.8) is 0 Å². The van der Waals surface area contributed by atoms with Crippen molar-refractivity contribution in [1.29, 1.82) is 0 Å². The third-order valence-electron chi connectivity index (χ3n) is 3.88. The molecule has 0 saturated carbocycles. The van der Waals surface area contributed by atoms with Crippen molar-refractivity contribution in [2.75, 3.05) is 0 Å². The molecule has 3 heterocycles. The monoisotopic (exact) mass is 388 g/mol. The van der Waals surface area contributed by atoms with Crippen molar-refractivity contribution in [3.05, 3.63) is 44.3 Å². The fourth-order valence-electron chi connectivity index (χ4n) is 2.53. The van der Waals surface area contributed by atoms with Crippen molar-refractivity contribution < 1.29 is 9.59 Å². The minimum absolute atomic E-state index is 0.173. The van der Waals surface area contributed by atoms with Gasteiger partial charge >= 0.3 is 0 Å². The average Bonchev–Trinajstić information content (AvgIpc) is 3.20. The van der Waals surface area contributed by atoms with Gasteiger partial charge in [0.15, 0.2) is 0 Å².